The molecule has 0 N–H and O–H groups in total. The third-order valence-electron chi connectivity index (χ3n) is 1.75. The van der Waals surface area contributed by atoms with Gasteiger partial charge in [-0.3, -0.25) is 4.79 Å². The Hall–Kier alpha value is -0.420. The highest BCUT2D eigenvalue weighted by Crippen LogP contribution is 2.33. The lowest BCUT2D eigenvalue weighted by atomic mass is 10.2. The van der Waals surface area contributed by atoms with Crippen LogP contribution in [0.3, 0.4) is 0 Å². The van der Waals surface area contributed by atoms with Crippen LogP contribution in [0.15, 0.2) is 12.3 Å². The van der Waals surface area contributed by atoms with E-state index in [-0.39, 0.29) is 5.78 Å². The van der Waals surface area contributed by atoms with E-state index in [4.69, 9.17) is 23.2 Å². The molecular weight excluding hydrogens is 273 g/mol. The number of ketones is 1. The fraction of sp³-hybridized carbons (Fsp3) is 0.111. The topological polar surface area (TPSA) is 30.0 Å². The summed E-state index contributed by atoms with van der Waals surface area (Å²) in [4.78, 5) is 16.5. The van der Waals surface area contributed by atoms with Crippen LogP contribution >= 0.6 is 45.9 Å². The van der Waals surface area contributed by atoms with Gasteiger partial charge in [0.1, 0.15) is 4.34 Å². The van der Waals surface area contributed by atoms with Gasteiger partial charge >= 0.3 is 0 Å². The van der Waals surface area contributed by atoms with Gasteiger partial charge in [-0.25, -0.2) is 4.98 Å². The molecule has 0 aliphatic carbocycles. The number of aromatic nitrogens is 1. The normalized spacial score (nSPS) is 10.6. The number of nitrogens with zero attached hydrogens (tertiary/aromatic N) is 1. The Kier molecular flexibility index (Phi) is 3.11. The number of aryl methyl sites for hydroxylation is 1. The number of thiophene rings is 1. The Morgan fingerprint density at radius 2 is 2.13 bits per heavy atom. The minimum Gasteiger partial charge on any atom is -0.288 e. The molecule has 0 aliphatic heterocycles. The van der Waals surface area contributed by atoms with E-state index in [2.05, 4.69) is 4.98 Å². The van der Waals surface area contributed by atoms with Crippen LogP contribution in [0.5, 0.6) is 0 Å². The molecule has 2 nitrogen and oxygen atoms in total. The molecular formula is C9H5Cl2NOS2. The molecule has 15 heavy (non-hydrogen) atoms. The summed E-state index contributed by atoms with van der Waals surface area (Å²) >= 11 is 14.2. The predicted octanol–water partition coefficient (Wildman–Crippen LogP) is 4.05. The van der Waals surface area contributed by atoms with Gasteiger partial charge in [0.2, 0.25) is 5.78 Å². The van der Waals surface area contributed by atoms with Crippen LogP contribution in [-0.2, 0) is 0 Å². The average Bonchev–Trinajstić information content (AvgIpc) is 2.71. The fourth-order valence-electron chi connectivity index (χ4n) is 1.09. The first-order valence-corrected chi connectivity index (χ1v) is 6.39. The zero-order valence-electron chi connectivity index (χ0n) is 7.58. The van der Waals surface area contributed by atoms with Crippen molar-refractivity contribution >= 4 is 51.7 Å². The van der Waals surface area contributed by atoms with Crippen LogP contribution in [0, 0.1) is 6.92 Å². The largest absolute Gasteiger partial charge is 0.288 e. The maximum absolute atomic E-state index is 11.9. The van der Waals surface area contributed by atoms with E-state index >= 15 is 0 Å². The standard InChI is InChI=1S/C9H5Cl2NOS2/c1-4-12-3-6(14-4)8(13)5-2-7(10)15-9(5)11/h2-3H,1H3. The van der Waals surface area contributed by atoms with E-state index in [1.165, 1.54) is 22.7 Å². The van der Waals surface area contributed by atoms with Crippen molar-refractivity contribution in [3.8, 4) is 0 Å². The molecule has 0 atom stereocenters. The number of thiazole rings is 1. The van der Waals surface area contributed by atoms with E-state index in [1.54, 1.807) is 12.3 Å². The molecule has 0 saturated carbocycles. The number of halogens is 2. The molecule has 2 rings (SSSR count). The molecule has 0 bridgehead atoms. The first-order valence-electron chi connectivity index (χ1n) is 4.00. The van der Waals surface area contributed by atoms with E-state index in [0.29, 0.717) is 19.1 Å². The molecule has 2 aromatic rings. The van der Waals surface area contributed by atoms with Crippen LogP contribution in [0.25, 0.3) is 0 Å². The summed E-state index contributed by atoms with van der Waals surface area (Å²) in [6.45, 7) is 1.85. The predicted molar refractivity (Wildman–Crippen MR) is 64.6 cm³/mol. The van der Waals surface area contributed by atoms with Crippen molar-refractivity contribution in [2.75, 3.05) is 0 Å². The van der Waals surface area contributed by atoms with Crippen molar-refractivity contribution in [1.29, 1.82) is 0 Å². The molecule has 0 fully saturated rings. The zero-order valence-corrected chi connectivity index (χ0v) is 10.7. The summed E-state index contributed by atoms with van der Waals surface area (Å²) in [6, 6.07) is 1.59. The van der Waals surface area contributed by atoms with Crippen LogP contribution < -0.4 is 0 Å². The smallest absolute Gasteiger partial charge is 0.206 e. The maximum atomic E-state index is 11.9. The molecule has 2 heterocycles. The maximum Gasteiger partial charge on any atom is 0.206 e. The zero-order chi connectivity index (χ0) is 11.0. The van der Waals surface area contributed by atoms with Gasteiger partial charge in [0.15, 0.2) is 0 Å². The lowest BCUT2D eigenvalue weighted by molar-refractivity contribution is 0.104. The minimum atomic E-state index is -0.117. The Morgan fingerprint density at radius 3 is 2.60 bits per heavy atom. The number of carbonyl (C=O) groups excluding carboxylic acids is 1. The second-order valence-electron chi connectivity index (χ2n) is 2.81. The second-order valence-corrected chi connectivity index (χ2v) is 6.33. The quantitative estimate of drug-likeness (QED) is 0.776. The van der Waals surface area contributed by atoms with Crippen LogP contribution in [0.1, 0.15) is 20.2 Å². The Labute approximate surface area is 104 Å². The molecule has 0 radical (unpaired) electrons. The summed E-state index contributed by atoms with van der Waals surface area (Å²) in [5, 5.41) is 0.857. The summed E-state index contributed by atoms with van der Waals surface area (Å²) in [6.07, 6.45) is 1.56. The molecule has 78 valence electrons. The molecule has 6 heteroatoms. The van der Waals surface area contributed by atoms with E-state index in [1.807, 2.05) is 6.92 Å². The van der Waals surface area contributed by atoms with Crippen molar-refractivity contribution in [1.82, 2.24) is 4.98 Å². The molecule has 0 saturated heterocycles. The summed E-state index contributed by atoms with van der Waals surface area (Å²) in [7, 11) is 0. The van der Waals surface area contributed by atoms with Crippen molar-refractivity contribution in [3.63, 3.8) is 0 Å². The summed E-state index contributed by atoms with van der Waals surface area (Å²) in [5.41, 5.74) is 0.454. The molecule has 0 spiro atoms. The molecule has 2 aromatic heterocycles. The average molecular weight is 278 g/mol. The molecule has 0 unspecified atom stereocenters. The fourth-order valence-corrected chi connectivity index (χ4v) is 3.28. The number of hydrogen-bond donors (Lipinski definition) is 0. The molecule has 0 aliphatic rings. The van der Waals surface area contributed by atoms with E-state index < -0.39 is 0 Å². The lowest BCUT2D eigenvalue weighted by Gasteiger charge is -1.92. The lowest BCUT2D eigenvalue weighted by Crippen LogP contribution is -1.96. The number of hydrogen-bond acceptors (Lipinski definition) is 4. The van der Waals surface area contributed by atoms with E-state index in [0.717, 1.165) is 5.01 Å². The Morgan fingerprint density at radius 1 is 1.40 bits per heavy atom. The second kappa shape index (κ2) is 4.22. The summed E-state index contributed by atoms with van der Waals surface area (Å²) < 4.78 is 0.945. The van der Waals surface area contributed by atoms with Gasteiger partial charge in [0, 0.05) is 6.20 Å². The van der Waals surface area contributed by atoms with Gasteiger partial charge in [-0.2, -0.15) is 0 Å². The Balaban J connectivity index is 2.40. The van der Waals surface area contributed by atoms with Crippen molar-refractivity contribution in [3.05, 3.63) is 36.4 Å². The summed E-state index contributed by atoms with van der Waals surface area (Å²) in [5.74, 6) is -0.117. The highest BCUT2D eigenvalue weighted by Gasteiger charge is 2.17. The van der Waals surface area contributed by atoms with Crippen molar-refractivity contribution < 1.29 is 4.79 Å². The minimum absolute atomic E-state index is 0.117. The number of carbonyl (C=O) groups is 1. The monoisotopic (exact) mass is 277 g/mol. The van der Waals surface area contributed by atoms with Crippen LogP contribution in [0.2, 0.25) is 8.67 Å². The van der Waals surface area contributed by atoms with Crippen molar-refractivity contribution in [2.24, 2.45) is 0 Å². The van der Waals surface area contributed by atoms with Gasteiger partial charge in [0.05, 0.1) is 19.8 Å². The van der Waals surface area contributed by atoms with E-state index in [9.17, 15) is 4.79 Å². The van der Waals surface area contributed by atoms with Gasteiger partial charge in [0.25, 0.3) is 0 Å². The van der Waals surface area contributed by atoms with Gasteiger partial charge < -0.3 is 0 Å². The van der Waals surface area contributed by atoms with Gasteiger partial charge in [-0.1, -0.05) is 23.2 Å². The van der Waals surface area contributed by atoms with Gasteiger partial charge in [-0.15, -0.1) is 22.7 Å². The van der Waals surface area contributed by atoms with Crippen LogP contribution in [0.4, 0.5) is 0 Å². The molecule has 0 amide bonds. The highest BCUT2D eigenvalue weighted by atomic mass is 35.5. The van der Waals surface area contributed by atoms with Crippen LogP contribution in [-0.4, -0.2) is 10.8 Å². The molecule has 0 aromatic carbocycles. The highest BCUT2D eigenvalue weighted by molar-refractivity contribution is 7.20. The van der Waals surface area contributed by atoms with Gasteiger partial charge in [-0.05, 0) is 13.0 Å². The number of rotatable bonds is 2. The first-order chi connectivity index (χ1) is 7.08. The SMILES string of the molecule is Cc1ncc(C(=O)c2cc(Cl)sc2Cl)s1. The first kappa shape index (κ1) is 11.1. The third kappa shape index (κ3) is 2.23. The Bertz CT molecular complexity index is 518. The van der Waals surface area contributed by atoms with Crippen molar-refractivity contribution in [2.45, 2.75) is 6.92 Å². The third-order valence-corrected chi connectivity index (χ3v) is 4.15.